The smallest absolute Gasteiger partial charge is 0.313 e. The normalized spacial score (nSPS) is 22.8. The Hall–Kier alpha value is -1.82. The summed E-state index contributed by atoms with van der Waals surface area (Å²) in [4.78, 5) is 25.5. The molecular weight excluding hydrogens is 262 g/mol. The van der Waals surface area contributed by atoms with E-state index in [1.165, 1.54) is 13.4 Å². The number of carbonyl (C=O) groups excluding carboxylic acids is 1. The topological polar surface area (TPSA) is 80.0 Å². The second-order valence-corrected chi connectivity index (χ2v) is 5.28. The molecule has 1 aliphatic heterocycles. The summed E-state index contributed by atoms with van der Waals surface area (Å²) in [5.74, 6) is -0.898. The van der Waals surface area contributed by atoms with Crippen molar-refractivity contribution >= 4 is 11.9 Å². The van der Waals surface area contributed by atoms with Crippen LogP contribution in [-0.2, 0) is 9.53 Å². The number of rotatable bonds is 4. The van der Waals surface area contributed by atoms with Crippen LogP contribution < -0.4 is 0 Å². The summed E-state index contributed by atoms with van der Waals surface area (Å²) < 4.78 is 10.2. The number of aryl methyl sites for hydroxylation is 1. The molecule has 0 aromatic carbocycles. The van der Waals surface area contributed by atoms with E-state index in [2.05, 4.69) is 0 Å². The molecule has 2 heterocycles. The van der Waals surface area contributed by atoms with Crippen molar-refractivity contribution in [3.8, 4) is 0 Å². The van der Waals surface area contributed by atoms with Gasteiger partial charge < -0.3 is 19.2 Å². The van der Waals surface area contributed by atoms with Crippen LogP contribution in [0.25, 0.3) is 0 Å². The molecule has 1 fully saturated rings. The summed E-state index contributed by atoms with van der Waals surface area (Å²) in [7, 11) is 1.47. The maximum atomic E-state index is 12.4. The summed E-state index contributed by atoms with van der Waals surface area (Å²) in [6.07, 6.45) is 2.62. The maximum absolute atomic E-state index is 12.4. The lowest BCUT2D eigenvalue weighted by atomic mass is 9.80. The van der Waals surface area contributed by atoms with E-state index < -0.39 is 11.4 Å². The van der Waals surface area contributed by atoms with Crippen LogP contribution in [0.3, 0.4) is 0 Å². The van der Waals surface area contributed by atoms with Gasteiger partial charge in [0.15, 0.2) is 5.76 Å². The van der Waals surface area contributed by atoms with Crippen molar-refractivity contribution in [2.24, 2.45) is 5.41 Å². The van der Waals surface area contributed by atoms with Gasteiger partial charge in [0.05, 0.1) is 12.9 Å². The van der Waals surface area contributed by atoms with Crippen molar-refractivity contribution in [2.45, 2.75) is 19.8 Å². The Kier molecular flexibility index (Phi) is 4.13. The van der Waals surface area contributed by atoms with Crippen LogP contribution in [0.5, 0.6) is 0 Å². The first kappa shape index (κ1) is 14.6. The van der Waals surface area contributed by atoms with E-state index in [-0.39, 0.29) is 24.8 Å². The van der Waals surface area contributed by atoms with Crippen LogP contribution in [-0.4, -0.2) is 48.7 Å². The highest BCUT2D eigenvalue weighted by molar-refractivity contribution is 5.93. The third-order valence-electron chi connectivity index (χ3n) is 3.79. The van der Waals surface area contributed by atoms with Gasteiger partial charge in [-0.2, -0.15) is 0 Å². The van der Waals surface area contributed by atoms with Gasteiger partial charge in [-0.3, -0.25) is 9.59 Å². The van der Waals surface area contributed by atoms with Gasteiger partial charge in [0.25, 0.3) is 5.91 Å². The Morgan fingerprint density at radius 2 is 2.30 bits per heavy atom. The molecule has 0 bridgehead atoms. The molecule has 1 aliphatic rings. The van der Waals surface area contributed by atoms with Crippen molar-refractivity contribution in [1.29, 1.82) is 0 Å². The number of hydrogen-bond donors (Lipinski definition) is 1. The molecule has 0 aliphatic carbocycles. The van der Waals surface area contributed by atoms with E-state index in [0.717, 1.165) is 5.56 Å². The number of piperidine rings is 1. The lowest BCUT2D eigenvalue weighted by Gasteiger charge is -2.39. The summed E-state index contributed by atoms with van der Waals surface area (Å²) in [6.45, 7) is 2.58. The van der Waals surface area contributed by atoms with Crippen LogP contribution in [0.15, 0.2) is 16.7 Å². The monoisotopic (exact) mass is 281 g/mol. The molecule has 1 amide bonds. The minimum atomic E-state index is -1.02. The van der Waals surface area contributed by atoms with Gasteiger partial charge in [-0.15, -0.1) is 0 Å². The first-order valence-electron chi connectivity index (χ1n) is 6.56. The van der Waals surface area contributed by atoms with E-state index in [1.54, 1.807) is 17.9 Å². The van der Waals surface area contributed by atoms with Crippen molar-refractivity contribution < 1.29 is 23.8 Å². The van der Waals surface area contributed by atoms with E-state index in [0.29, 0.717) is 19.4 Å². The lowest BCUT2D eigenvalue weighted by molar-refractivity contribution is -0.155. The number of carboxylic acid groups (broad SMARTS) is 1. The second-order valence-electron chi connectivity index (χ2n) is 5.28. The molecule has 0 saturated carbocycles. The molecule has 20 heavy (non-hydrogen) atoms. The van der Waals surface area contributed by atoms with E-state index in [1.807, 2.05) is 0 Å². The number of carboxylic acids is 1. The van der Waals surface area contributed by atoms with Gasteiger partial charge in [0, 0.05) is 25.8 Å². The molecule has 6 heteroatoms. The molecule has 6 nitrogen and oxygen atoms in total. The number of likely N-dealkylation sites (tertiary alicyclic amines) is 1. The van der Waals surface area contributed by atoms with Crippen molar-refractivity contribution in [1.82, 2.24) is 4.90 Å². The fourth-order valence-electron chi connectivity index (χ4n) is 2.67. The van der Waals surface area contributed by atoms with Crippen molar-refractivity contribution in [2.75, 3.05) is 26.8 Å². The highest BCUT2D eigenvalue weighted by Crippen LogP contribution is 2.31. The molecule has 0 spiro atoms. The number of furan rings is 1. The molecule has 1 aromatic heterocycles. The maximum Gasteiger partial charge on any atom is 0.313 e. The quantitative estimate of drug-likeness (QED) is 0.905. The van der Waals surface area contributed by atoms with Crippen LogP contribution in [0.1, 0.15) is 29.0 Å². The Bertz CT molecular complexity index is 505. The second kappa shape index (κ2) is 5.66. The minimum absolute atomic E-state index is 0.100. The van der Waals surface area contributed by atoms with Gasteiger partial charge in [-0.25, -0.2) is 0 Å². The largest absolute Gasteiger partial charge is 0.481 e. The Labute approximate surface area is 117 Å². The first-order valence-corrected chi connectivity index (χ1v) is 6.56. The summed E-state index contributed by atoms with van der Waals surface area (Å²) in [6, 6.07) is 1.72. The molecule has 0 radical (unpaired) electrons. The highest BCUT2D eigenvalue weighted by Gasteiger charge is 2.44. The van der Waals surface area contributed by atoms with Gasteiger partial charge in [0.1, 0.15) is 5.41 Å². The fourth-order valence-corrected chi connectivity index (χ4v) is 2.67. The minimum Gasteiger partial charge on any atom is -0.481 e. The number of aliphatic carboxylic acids is 1. The van der Waals surface area contributed by atoms with Crippen LogP contribution >= 0.6 is 0 Å². The molecule has 110 valence electrons. The number of carbonyl (C=O) groups is 2. The molecule has 1 saturated heterocycles. The van der Waals surface area contributed by atoms with Crippen LogP contribution in [0.4, 0.5) is 0 Å². The zero-order valence-corrected chi connectivity index (χ0v) is 11.7. The number of nitrogens with zero attached hydrogens (tertiary/aromatic N) is 1. The van der Waals surface area contributed by atoms with E-state index in [9.17, 15) is 14.7 Å². The third-order valence-corrected chi connectivity index (χ3v) is 3.79. The molecular formula is C14H19NO5. The fraction of sp³-hybridized carbons (Fsp3) is 0.571. The average molecular weight is 281 g/mol. The zero-order chi connectivity index (χ0) is 14.8. The van der Waals surface area contributed by atoms with Crippen molar-refractivity contribution in [3.05, 3.63) is 23.7 Å². The van der Waals surface area contributed by atoms with Gasteiger partial charge >= 0.3 is 5.97 Å². The molecule has 1 unspecified atom stereocenters. The number of amides is 1. The summed E-state index contributed by atoms with van der Waals surface area (Å²) in [5, 5.41) is 9.46. The van der Waals surface area contributed by atoms with Crippen LogP contribution in [0.2, 0.25) is 0 Å². The van der Waals surface area contributed by atoms with E-state index >= 15 is 0 Å². The van der Waals surface area contributed by atoms with Crippen LogP contribution in [0, 0.1) is 12.3 Å². The number of hydrogen-bond acceptors (Lipinski definition) is 4. The number of ether oxygens (including phenoxy) is 1. The predicted molar refractivity (Wildman–Crippen MR) is 70.5 cm³/mol. The molecule has 1 aromatic rings. The SMILES string of the molecule is COCC1(C(=O)O)CCCN(C(=O)c2occc2C)C1. The Balaban J connectivity index is 2.20. The van der Waals surface area contributed by atoms with Crippen molar-refractivity contribution in [3.63, 3.8) is 0 Å². The molecule has 1 N–H and O–H groups in total. The third kappa shape index (κ3) is 2.56. The Morgan fingerprint density at radius 1 is 1.55 bits per heavy atom. The lowest BCUT2D eigenvalue weighted by Crippen LogP contribution is -2.52. The van der Waals surface area contributed by atoms with E-state index in [4.69, 9.17) is 9.15 Å². The first-order chi connectivity index (χ1) is 9.50. The van der Waals surface area contributed by atoms with Gasteiger partial charge in [-0.1, -0.05) is 0 Å². The van der Waals surface area contributed by atoms with Gasteiger partial charge in [-0.05, 0) is 25.8 Å². The average Bonchev–Trinajstić information content (AvgIpc) is 2.84. The standard InChI is InChI=1S/C14H19NO5/c1-10-4-7-20-11(10)12(16)15-6-3-5-14(8-15,9-19-2)13(17)18/h4,7H,3,5-6,8-9H2,1-2H3,(H,17,18). The highest BCUT2D eigenvalue weighted by atomic mass is 16.5. The summed E-state index contributed by atoms with van der Waals surface area (Å²) in [5.41, 5.74) is -0.267. The zero-order valence-electron chi connectivity index (χ0n) is 11.7. The Morgan fingerprint density at radius 3 is 2.85 bits per heavy atom. The predicted octanol–water partition coefficient (Wildman–Crippen LogP) is 1.54. The number of methoxy groups -OCH3 is 1. The summed E-state index contributed by atoms with van der Waals surface area (Å²) >= 11 is 0. The molecule has 1 atom stereocenters. The van der Waals surface area contributed by atoms with Gasteiger partial charge in [0.2, 0.25) is 0 Å². The molecule has 2 rings (SSSR count).